The molecule has 0 radical (unpaired) electrons. The van der Waals surface area contributed by atoms with E-state index in [0.717, 1.165) is 17.0 Å². The molecule has 1 heterocycles. The highest BCUT2D eigenvalue weighted by molar-refractivity contribution is 6.33. The molecule has 4 nitrogen and oxygen atoms in total. The minimum absolute atomic E-state index is 0.0161. The smallest absolute Gasteiger partial charge is 0.255 e. The average molecular weight is 500 g/mol. The second-order valence-electron chi connectivity index (χ2n) is 7.52. The fourth-order valence-corrected chi connectivity index (χ4v) is 3.99. The Morgan fingerprint density at radius 1 is 0.735 bits per heavy atom. The second kappa shape index (κ2) is 9.46. The number of carbonyl (C=O) groups is 1. The third-order valence-corrected chi connectivity index (χ3v) is 5.74. The SMILES string of the molecule is O=C(Nc1ccc(N2CCN(c3c(F)c(F)c(F)c(F)c3F)CC2)c(Cl)c1)c1ccc(F)cc1. The third kappa shape index (κ3) is 4.50. The van der Waals surface area contributed by atoms with E-state index in [2.05, 4.69) is 5.32 Å². The van der Waals surface area contributed by atoms with E-state index in [1.54, 1.807) is 17.0 Å². The van der Waals surface area contributed by atoms with Crippen molar-refractivity contribution in [1.29, 1.82) is 0 Å². The van der Waals surface area contributed by atoms with Gasteiger partial charge in [-0.05, 0) is 42.5 Å². The van der Waals surface area contributed by atoms with Gasteiger partial charge in [-0.3, -0.25) is 4.79 Å². The first-order valence-electron chi connectivity index (χ1n) is 10.0. The molecule has 0 aliphatic carbocycles. The van der Waals surface area contributed by atoms with E-state index in [4.69, 9.17) is 11.6 Å². The Morgan fingerprint density at radius 2 is 1.26 bits per heavy atom. The fraction of sp³-hybridized carbons (Fsp3) is 0.174. The number of anilines is 3. The van der Waals surface area contributed by atoms with Crippen LogP contribution >= 0.6 is 11.6 Å². The molecular formula is C23H16ClF6N3O. The van der Waals surface area contributed by atoms with Crippen molar-refractivity contribution >= 4 is 34.6 Å². The van der Waals surface area contributed by atoms with Crippen LogP contribution in [0.2, 0.25) is 5.02 Å². The van der Waals surface area contributed by atoms with Crippen LogP contribution in [0.4, 0.5) is 43.4 Å². The lowest BCUT2D eigenvalue weighted by atomic mass is 10.1. The van der Waals surface area contributed by atoms with E-state index in [1.165, 1.54) is 18.2 Å². The molecule has 0 bridgehead atoms. The molecule has 1 fully saturated rings. The summed E-state index contributed by atoms with van der Waals surface area (Å²) in [7, 11) is 0. The molecule has 3 aromatic carbocycles. The van der Waals surface area contributed by atoms with Crippen molar-refractivity contribution in [3.63, 3.8) is 0 Å². The monoisotopic (exact) mass is 499 g/mol. The lowest BCUT2D eigenvalue weighted by Crippen LogP contribution is -2.47. The number of amides is 1. The van der Waals surface area contributed by atoms with Gasteiger partial charge >= 0.3 is 0 Å². The number of rotatable bonds is 4. The molecule has 0 saturated carbocycles. The summed E-state index contributed by atoms with van der Waals surface area (Å²) in [4.78, 5) is 15.2. The standard InChI is InChI=1S/C23H16ClF6N3O/c24-15-11-14(31-23(34)12-1-3-13(25)4-2-12)5-6-16(15)32-7-9-33(10-8-32)22-20(29)18(27)17(26)19(28)21(22)30/h1-6,11H,7-10H2,(H,31,34). The molecule has 1 N–H and O–H groups in total. The molecule has 34 heavy (non-hydrogen) atoms. The lowest BCUT2D eigenvalue weighted by Gasteiger charge is -2.38. The normalized spacial score (nSPS) is 13.9. The minimum Gasteiger partial charge on any atom is -0.367 e. The Morgan fingerprint density at radius 3 is 1.82 bits per heavy atom. The van der Waals surface area contributed by atoms with Crippen LogP contribution in [0, 0.1) is 34.9 Å². The van der Waals surface area contributed by atoms with Crippen molar-refractivity contribution in [2.45, 2.75) is 0 Å². The number of hydrogen-bond donors (Lipinski definition) is 1. The van der Waals surface area contributed by atoms with Crippen LogP contribution in [0.1, 0.15) is 10.4 Å². The summed E-state index contributed by atoms with van der Waals surface area (Å²) < 4.78 is 81.6. The first-order chi connectivity index (χ1) is 16.2. The van der Waals surface area contributed by atoms with Crippen LogP contribution < -0.4 is 15.1 Å². The molecule has 1 amide bonds. The summed E-state index contributed by atoms with van der Waals surface area (Å²) in [5.74, 6) is -10.8. The van der Waals surface area contributed by atoms with Gasteiger partial charge in [0.2, 0.25) is 5.82 Å². The molecule has 0 atom stereocenters. The topological polar surface area (TPSA) is 35.6 Å². The number of carbonyl (C=O) groups excluding carboxylic acids is 1. The maximum atomic E-state index is 14.1. The quantitative estimate of drug-likeness (QED) is 0.282. The molecule has 0 spiro atoms. The van der Waals surface area contributed by atoms with Crippen LogP contribution in [0.5, 0.6) is 0 Å². The van der Waals surface area contributed by atoms with Gasteiger partial charge in [0.25, 0.3) is 5.91 Å². The Kier molecular flexibility index (Phi) is 6.60. The average Bonchev–Trinajstić information content (AvgIpc) is 2.83. The van der Waals surface area contributed by atoms with Crippen LogP contribution in [0.15, 0.2) is 42.5 Å². The molecular weight excluding hydrogens is 484 g/mol. The lowest BCUT2D eigenvalue weighted by molar-refractivity contribution is 0.102. The number of nitrogens with zero attached hydrogens (tertiary/aromatic N) is 2. The highest BCUT2D eigenvalue weighted by Gasteiger charge is 2.31. The second-order valence-corrected chi connectivity index (χ2v) is 7.93. The van der Waals surface area contributed by atoms with Gasteiger partial charge in [-0.15, -0.1) is 0 Å². The minimum atomic E-state index is -2.20. The highest BCUT2D eigenvalue weighted by Crippen LogP contribution is 2.33. The number of benzene rings is 3. The van der Waals surface area contributed by atoms with E-state index in [-0.39, 0.29) is 36.8 Å². The summed E-state index contributed by atoms with van der Waals surface area (Å²) in [5.41, 5.74) is 0.258. The summed E-state index contributed by atoms with van der Waals surface area (Å²) in [6.07, 6.45) is 0. The summed E-state index contributed by atoms with van der Waals surface area (Å²) in [6.45, 7) is 0.358. The number of hydrogen-bond acceptors (Lipinski definition) is 3. The van der Waals surface area contributed by atoms with E-state index in [1.807, 2.05) is 0 Å². The maximum absolute atomic E-state index is 14.1. The summed E-state index contributed by atoms with van der Waals surface area (Å²) in [6, 6.07) is 9.74. The van der Waals surface area contributed by atoms with Crippen LogP contribution in [-0.4, -0.2) is 32.1 Å². The van der Waals surface area contributed by atoms with Gasteiger partial charge in [-0.25, -0.2) is 26.3 Å². The maximum Gasteiger partial charge on any atom is 0.255 e. The van der Waals surface area contributed by atoms with Crippen molar-refractivity contribution in [2.24, 2.45) is 0 Å². The van der Waals surface area contributed by atoms with Gasteiger partial charge in [-0.1, -0.05) is 11.6 Å². The fourth-order valence-electron chi connectivity index (χ4n) is 3.69. The Labute approximate surface area is 195 Å². The molecule has 11 heteroatoms. The molecule has 0 aromatic heterocycles. The molecule has 1 saturated heterocycles. The van der Waals surface area contributed by atoms with E-state index in [0.29, 0.717) is 11.4 Å². The molecule has 178 valence electrons. The number of nitrogens with one attached hydrogen (secondary N) is 1. The predicted octanol–water partition coefficient (Wildman–Crippen LogP) is 5.75. The van der Waals surface area contributed by atoms with Gasteiger partial charge in [0, 0.05) is 37.4 Å². The first kappa shape index (κ1) is 23.7. The van der Waals surface area contributed by atoms with Gasteiger partial charge in [0.05, 0.1) is 10.7 Å². The van der Waals surface area contributed by atoms with Crippen LogP contribution in [0.25, 0.3) is 0 Å². The van der Waals surface area contributed by atoms with Crippen molar-refractivity contribution in [3.05, 3.63) is 88.0 Å². The predicted molar refractivity (Wildman–Crippen MR) is 116 cm³/mol. The zero-order chi connectivity index (χ0) is 24.6. The van der Waals surface area contributed by atoms with Crippen LogP contribution in [-0.2, 0) is 0 Å². The Balaban J connectivity index is 1.45. The first-order valence-corrected chi connectivity index (χ1v) is 10.4. The molecule has 4 rings (SSSR count). The summed E-state index contributed by atoms with van der Waals surface area (Å²) >= 11 is 6.36. The molecule has 1 aliphatic rings. The van der Waals surface area contributed by atoms with Gasteiger partial charge in [0.15, 0.2) is 23.3 Å². The molecule has 1 aliphatic heterocycles. The van der Waals surface area contributed by atoms with Crippen molar-refractivity contribution in [2.75, 3.05) is 41.3 Å². The Hall–Kier alpha value is -3.40. The number of piperazine rings is 1. The van der Waals surface area contributed by atoms with Gasteiger partial charge in [-0.2, -0.15) is 0 Å². The van der Waals surface area contributed by atoms with Crippen LogP contribution in [0.3, 0.4) is 0 Å². The van der Waals surface area contributed by atoms with E-state index >= 15 is 0 Å². The summed E-state index contributed by atoms with van der Waals surface area (Å²) in [5, 5.41) is 2.93. The van der Waals surface area contributed by atoms with Crippen molar-refractivity contribution < 1.29 is 31.1 Å². The zero-order valence-electron chi connectivity index (χ0n) is 17.3. The Bertz CT molecular complexity index is 1220. The zero-order valence-corrected chi connectivity index (χ0v) is 18.1. The van der Waals surface area contributed by atoms with E-state index < -0.39 is 46.5 Å². The van der Waals surface area contributed by atoms with E-state index in [9.17, 15) is 31.1 Å². The van der Waals surface area contributed by atoms with Gasteiger partial charge in [0.1, 0.15) is 11.5 Å². The van der Waals surface area contributed by atoms with Gasteiger partial charge < -0.3 is 15.1 Å². The third-order valence-electron chi connectivity index (χ3n) is 5.44. The molecule has 3 aromatic rings. The largest absolute Gasteiger partial charge is 0.367 e. The van der Waals surface area contributed by atoms with Crippen molar-refractivity contribution in [3.8, 4) is 0 Å². The van der Waals surface area contributed by atoms with Crippen molar-refractivity contribution in [1.82, 2.24) is 0 Å². The number of halogens is 7. The highest BCUT2D eigenvalue weighted by atomic mass is 35.5. The molecule has 0 unspecified atom stereocenters.